The molecule has 1 unspecified atom stereocenters. The van der Waals surface area contributed by atoms with Gasteiger partial charge in [-0.1, -0.05) is 12.8 Å². The number of amides is 1. The van der Waals surface area contributed by atoms with E-state index in [1.54, 1.807) is 4.90 Å². The standard InChI is InChI=1S/C9H16N2O2/c10-5-8-6-11(9(12)13-8)4-3-7-1-2-7/h7-8H,1-6,10H2. The fourth-order valence-electron chi connectivity index (χ4n) is 1.62. The minimum atomic E-state index is -0.184. The lowest BCUT2D eigenvalue weighted by molar-refractivity contribution is 0.134. The van der Waals surface area contributed by atoms with Crippen LogP contribution in [0.25, 0.3) is 0 Å². The fraction of sp³-hybridized carbons (Fsp3) is 0.889. The first kappa shape index (κ1) is 8.81. The largest absolute Gasteiger partial charge is 0.443 e. The third-order valence-corrected chi connectivity index (χ3v) is 2.72. The summed E-state index contributed by atoms with van der Waals surface area (Å²) in [5, 5.41) is 0. The van der Waals surface area contributed by atoms with Crippen LogP contribution in [0.5, 0.6) is 0 Å². The van der Waals surface area contributed by atoms with Gasteiger partial charge in [0, 0.05) is 13.1 Å². The summed E-state index contributed by atoms with van der Waals surface area (Å²) < 4.78 is 5.04. The van der Waals surface area contributed by atoms with Gasteiger partial charge in [-0.15, -0.1) is 0 Å². The molecular weight excluding hydrogens is 168 g/mol. The summed E-state index contributed by atoms with van der Waals surface area (Å²) in [4.78, 5) is 13.0. The van der Waals surface area contributed by atoms with E-state index >= 15 is 0 Å². The second-order valence-corrected chi connectivity index (χ2v) is 3.92. The highest BCUT2D eigenvalue weighted by atomic mass is 16.6. The Labute approximate surface area is 78.0 Å². The molecule has 4 heteroatoms. The molecule has 4 nitrogen and oxygen atoms in total. The summed E-state index contributed by atoms with van der Waals surface area (Å²) in [5.74, 6) is 0.865. The van der Waals surface area contributed by atoms with Gasteiger partial charge in [0.15, 0.2) is 0 Å². The normalized spacial score (nSPS) is 27.9. The van der Waals surface area contributed by atoms with Crippen LogP contribution in [-0.4, -0.2) is 36.7 Å². The SMILES string of the molecule is NCC1CN(CCC2CC2)C(=O)O1. The van der Waals surface area contributed by atoms with Gasteiger partial charge in [-0.3, -0.25) is 0 Å². The second kappa shape index (κ2) is 3.54. The zero-order valence-corrected chi connectivity index (χ0v) is 7.74. The van der Waals surface area contributed by atoms with E-state index in [2.05, 4.69) is 0 Å². The van der Waals surface area contributed by atoms with Gasteiger partial charge in [-0.25, -0.2) is 4.79 Å². The molecule has 0 bridgehead atoms. The molecule has 1 atom stereocenters. The van der Waals surface area contributed by atoms with Crippen molar-refractivity contribution in [3.8, 4) is 0 Å². The first-order valence-electron chi connectivity index (χ1n) is 4.95. The van der Waals surface area contributed by atoms with Gasteiger partial charge in [-0.05, 0) is 12.3 Å². The van der Waals surface area contributed by atoms with Crippen molar-refractivity contribution in [1.29, 1.82) is 0 Å². The number of rotatable bonds is 4. The maximum absolute atomic E-state index is 11.2. The molecule has 2 N–H and O–H groups in total. The van der Waals surface area contributed by atoms with Gasteiger partial charge in [-0.2, -0.15) is 0 Å². The average molecular weight is 184 g/mol. The van der Waals surface area contributed by atoms with Crippen LogP contribution in [0.15, 0.2) is 0 Å². The average Bonchev–Trinajstić information content (AvgIpc) is 2.88. The van der Waals surface area contributed by atoms with Crippen molar-refractivity contribution in [3.05, 3.63) is 0 Å². The van der Waals surface area contributed by atoms with E-state index in [4.69, 9.17) is 10.5 Å². The lowest BCUT2D eigenvalue weighted by atomic mass is 10.2. The summed E-state index contributed by atoms with van der Waals surface area (Å²) in [6.45, 7) is 1.97. The molecule has 1 amide bonds. The van der Waals surface area contributed by atoms with Crippen LogP contribution >= 0.6 is 0 Å². The van der Waals surface area contributed by atoms with Crippen LogP contribution in [0.3, 0.4) is 0 Å². The minimum absolute atomic E-state index is 0.0771. The fourth-order valence-corrected chi connectivity index (χ4v) is 1.62. The van der Waals surface area contributed by atoms with Crippen molar-refractivity contribution >= 4 is 6.09 Å². The predicted octanol–water partition coefficient (Wildman–Crippen LogP) is 0.566. The van der Waals surface area contributed by atoms with Gasteiger partial charge < -0.3 is 15.4 Å². The van der Waals surface area contributed by atoms with E-state index in [0.717, 1.165) is 18.9 Å². The summed E-state index contributed by atoms with van der Waals surface area (Å²) in [6, 6.07) is 0. The number of carbonyl (C=O) groups excluding carboxylic acids is 1. The minimum Gasteiger partial charge on any atom is -0.443 e. The van der Waals surface area contributed by atoms with Crippen LogP contribution in [0.1, 0.15) is 19.3 Å². The molecule has 2 fully saturated rings. The number of carbonyl (C=O) groups is 1. The maximum atomic E-state index is 11.2. The van der Waals surface area contributed by atoms with Gasteiger partial charge >= 0.3 is 6.09 Å². The molecule has 0 aromatic rings. The van der Waals surface area contributed by atoms with Gasteiger partial charge in [0.25, 0.3) is 0 Å². The maximum Gasteiger partial charge on any atom is 0.410 e. The lowest BCUT2D eigenvalue weighted by Crippen LogP contribution is -2.28. The third-order valence-electron chi connectivity index (χ3n) is 2.72. The van der Waals surface area contributed by atoms with Crippen LogP contribution in [0.2, 0.25) is 0 Å². The molecule has 13 heavy (non-hydrogen) atoms. The number of nitrogens with zero attached hydrogens (tertiary/aromatic N) is 1. The highest BCUT2D eigenvalue weighted by molar-refractivity contribution is 5.69. The number of cyclic esters (lactones) is 1. The Hall–Kier alpha value is -0.770. The number of hydrogen-bond acceptors (Lipinski definition) is 3. The summed E-state index contributed by atoms with van der Waals surface area (Å²) in [6.07, 6.45) is 3.54. The number of nitrogens with two attached hydrogens (primary N) is 1. The first-order chi connectivity index (χ1) is 6.29. The number of ether oxygens (including phenoxy) is 1. The highest BCUT2D eigenvalue weighted by Gasteiger charge is 2.31. The van der Waals surface area contributed by atoms with E-state index in [-0.39, 0.29) is 12.2 Å². The van der Waals surface area contributed by atoms with E-state index in [0.29, 0.717) is 13.1 Å². The van der Waals surface area contributed by atoms with Gasteiger partial charge in [0.05, 0.1) is 6.54 Å². The van der Waals surface area contributed by atoms with Gasteiger partial charge in [0.1, 0.15) is 6.10 Å². The molecule has 2 aliphatic rings. The molecule has 1 saturated heterocycles. The summed E-state index contributed by atoms with van der Waals surface area (Å²) in [5.41, 5.74) is 5.42. The van der Waals surface area contributed by atoms with Crippen molar-refractivity contribution in [3.63, 3.8) is 0 Å². The van der Waals surface area contributed by atoms with Crippen molar-refractivity contribution in [2.75, 3.05) is 19.6 Å². The van der Waals surface area contributed by atoms with E-state index < -0.39 is 0 Å². The van der Waals surface area contributed by atoms with Crippen LogP contribution in [0, 0.1) is 5.92 Å². The molecule has 0 spiro atoms. The van der Waals surface area contributed by atoms with Crippen molar-refractivity contribution < 1.29 is 9.53 Å². The van der Waals surface area contributed by atoms with Crippen LogP contribution in [0.4, 0.5) is 4.79 Å². The zero-order chi connectivity index (χ0) is 9.26. The summed E-state index contributed by atoms with van der Waals surface area (Å²) >= 11 is 0. The molecular formula is C9H16N2O2. The Bertz CT molecular complexity index is 204. The predicted molar refractivity (Wildman–Crippen MR) is 48.2 cm³/mol. The van der Waals surface area contributed by atoms with E-state index in [1.165, 1.54) is 12.8 Å². The zero-order valence-electron chi connectivity index (χ0n) is 7.74. The molecule has 0 aromatic carbocycles. The molecule has 1 aliphatic carbocycles. The topological polar surface area (TPSA) is 55.6 Å². The third kappa shape index (κ3) is 2.12. The Morgan fingerprint density at radius 1 is 1.54 bits per heavy atom. The van der Waals surface area contributed by atoms with Crippen molar-refractivity contribution in [1.82, 2.24) is 4.90 Å². The number of hydrogen-bond donors (Lipinski definition) is 1. The summed E-state index contributed by atoms with van der Waals surface area (Å²) in [7, 11) is 0. The molecule has 0 radical (unpaired) electrons. The Kier molecular flexibility index (Phi) is 2.40. The first-order valence-corrected chi connectivity index (χ1v) is 4.95. The Balaban J connectivity index is 1.74. The quantitative estimate of drug-likeness (QED) is 0.694. The molecule has 1 saturated carbocycles. The Morgan fingerprint density at radius 2 is 2.31 bits per heavy atom. The van der Waals surface area contributed by atoms with E-state index in [1.807, 2.05) is 0 Å². The van der Waals surface area contributed by atoms with E-state index in [9.17, 15) is 4.79 Å². The van der Waals surface area contributed by atoms with Crippen molar-refractivity contribution in [2.24, 2.45) is 11.7 Å². The Morgan fingerprint density at radius 3 is 2.85 bits per heavy atom. The molecule has 2 rings (SSSR count). The molecule has 1 heterocycles. The molecule has 1 aliphatic heterocycles. The molecule has 0 aromatic heterocycles. The smallest absolute Gasteiger partial charge is 0.410 e. The lowest BCUT2D eigenvalue weighted by Gasteiger charge is -2.11. The van der Waals surface area contributed by atoms with Gasteiger partial charge in [0.2, 0.25) is 0 Å². The van der Waals surface area contributed by atoms with Crippen molar-refractivity contribution in [2.45, 2.75) is 25.4 Å². The van der Waals surface area contributed by atoms with Crippen LogP contribution < -0.4 is 5.73 Å². The second-order valence-electron chi connectivity index (χ2n) is 3.92. The monoisotopic (exact) mass is 184 g/mol. The van der Waals surface area contributed by atoms with Crippen LogP contribution in [-0.2, 0) is 4.74 Å². The highest BCUT2D eigenvalue weighted by Crippen LogP contribution is 2.32. The molecule has 74 valence electrons.